The molecule has 0 aliphatic rings. The van der Waals surface area contributed by atoms with Crippen LogP contribution in [0, 0.1) is 11.3 Å². The number of thioether (sulfide) groups is 1. The minimum absolute atomic E-state index is 0.136. The SMILES string of the molecule is N#CCc1ccc(NC(=O)CSc2n[nH]c(/C=C/c3cccs3)n2)cc1. The molecule has 2 aromatic heterocycles. The lowest BCUT2D eigenvalue weighted by Crippen LogP contribution is -2.14. The molecule has 130 valence electrons. The summed E-state index contributed by atoms with van der Waals surface area (Å²) < 4.78 is 0. The minimum Gasteiger partial charge on any atom is -0.325 e. The van der Waals surface area contributed by atoms with Crippen molar-refractivity contribution >= 4 is 46.8 Å². The van der Waals surface area contributed by atoms with Crippen LogP contribution in [0.4, 0.5) is 5.69 Å². The van der Waals surface area contributed by atoms with E-state index >= 15 is 0 Å². The number of thiophene rings is 1. The fourth-order valence-electron chi connectivity index (χ4n) is 2.07. The van der Waals surface area contributed by atoms with Gasteiger partial charge in [-0.1, -0.05) is 30.0 Å². The van der Waals surface area contributed by atoms with Gasteiger partial charge in [0.25, 0.3) is 0 Å². The Morgan fingerprint density at radius 3 is 2.88 bits per heavy atom. The molecule has 0 saturated heterocycles. The van der Waals surface area contributed by atoms with Crippen LogP contribution in [0.1, 0.15) is 16.3 Å². The average molecular weight is 381 g/mol. The highest BCUT2D eigenvalue weighted by Gasteiger charge is 2.07. The normalized spacial score (nSPS) is 10.7. The molecular weight excluding hydrogens is 366 g/mol. The van der Waals surface area contributed by atoms with Gasteiger partial charge in [-0.15, -0.1) is 16.4 Å². The van der Waals surface area contributed by atoms with Gasteiger partial charge in [0.15, 0.2) is 0 Å². The van der Waals surface area contributed by atoms with Crippen molar-refractivity contribution in [2.75, 3.05) is 11.1 Å². The number of rotatable bonds is 7. The number of amides is 1. The zero-order valence-electron chi connectivity index (χ0n) is 13.7. The molecule has 2 heterocycles. The first-order chi connectivity index (χ1) is 12.7. The van der Waals surface area contributed by atoms with E-state index in [1.165, 1.54) is 11.8 Å². The second-order valence-corrected chi connectivity index (χ2v) is 7.14. The molecule has 0 spiro atoms. The number of anilines is 1. The molecule has 0 atom stereocenters. The maximum atomic E-state index is 12.0. The molecule has 8 heteroatoms. The van der Waals surface area contributed by atoms with Gasteiger partial charge in [0.2, 0.25) is 11.1 Å². The molecule has 0 radical (unpaired) electrons. The van der Waals surface area contributed by atoms with Gasteiger partial charge >= 0.3 is 0 Å². The number of nitrogens with zero attached hydrogens (tertiary/aromatic N) is 3. The smallest absolute Gasteiger partial charge is 0.234 e. The maximum absolute atomic E-state index is 12.0. The van der Waals surface area contributed by atoms with Crippen LogP contribution in [-0.4, -0.2) is 26.8 Å². The van der Waals surface area contributed by atoms with E-state index < -0.39 is 0 Å². The van der Waals surface area contributed by atoms with Crippen molar-refractivity contribution in [2.45, 2.75) is 11.6 Å². The Bertz CT molecular complexity index is 923. The molecule has 0 unspecified atom stereocenters. The van der Waals surface area contributed by atoms with Crippen LogP contribution in [0.15, 0.2) is 46.9 Å². The molecule has 0 bridgehead atoms. The molecule has 0 fully saturated rings. The first-order valence-corrected chi connectivity index (χ1v) is 9.62. The second-order valence-electron chi connectivity index (χ2n) is 5.22. The van der Waals surface area contributed by atoms with Crippen LogP contribution in [0.25, 0.3) is 12.2 Å². The summed E-state index contributed by atoms with van der Waals surface area (Å²) >= 11 is 2.91. The lowest BCUT2D eigenvalue weighted by atomic mass is 10.1. The number of nitriles is 1. The van der Waals surface area contributed by atoms with Gasteiger partial charge in [0, 0.05) is 10.6 Å². The van der Waals surface area contributed by atoms with Gasteiger partial charge in [0.1, 0.15) is 5.82 Å². The van der Waals surface area contributed by atoms with E-state index in [0.29, 0.717) is 23.1 Å². The summed E-state index contributed by atoms with van der Waals surface area (Å²) in [5.41, 5.74) is 1.62. The van der Waals surface area contributed by atoms with Crippen LogP contribution in [0.3, 0.4) is 0 Å². The van der Waals surface area contributed by atoms with Crippen molar-refractivity contribution in [2.24, 2.45) is 0 Å². The number of benzene rings is 1. The van der Waals surface area contributed by atoms with Crippen molar-refractivity contribution in [3.63, 3.8) is 0 Å². The van der Waals surface area contributed by atoms with E-state index in [9.17, 15) is 4.79 Å². The largest absolute Gasteiger partial charge is 0.325 e. The van der Waals surface area contributed by atoms with Crippen molar-refractivity contribution < 1.29 is 4.79 Å². The van der Waals surface area contributed by atoms with Crippen molar-refractivity contribution in [1.29, 1.82) is 5.26 Å². The molecule has 1 amide bonds. The molecule has 1 aromatic carbocycles. The van der Waals surface area contributed by atoms with Crippen molar-refractivity contribution in [3.8, 4) is 6.07 Å². The molecule has 0 saturated carbocycles. The fourth-order valence-corrected chi connectivity index (χ4v) is 3.29. The van der Waals surface area contributed by atoms with Gasteiger partial charge in [-0.05, 0) is 41.3 Å². The fraction of sp³-hybridized carbons (Fsp3) is 0.111. The van der Waals surface area contributed by atoms with Gasteiger partial charge < -0.3 is 5.32 Å². The standard InChI is InChI=1S/C18H15N5OS2/c19-10-9-13-3-5-14(6-4-13)20-17(24)12-26-18-21-16(22-23-18)8-7-15-2-1-11-25-15/h1-8,11H,9,12H2,(H,20,24)(H,21,22,23)/b8-7+. The quantitative estimate of drug-likeness (QED) is 0.607. The van der Waals surface area contributed by atoms with Crippen LogP contribution in [0.5, 0.6) is 0 Å². The predicted octanol–water partition coefficient (Wildman–Crippen LogP) is 3.83. The first kappa shape index (κ1) is 17.9. The molecule has 0 aliphatic heterocycles. The van der Waals surface area contributed by atoms with Crippen molar-refractivity contribution in [3.05, 3.63) is 58.0 Å². The molecule has 2 N–H and O–H groups in total. The zero-order valence-corrected chi connectivity index (χ0v) is 15.3. The average Bonchev–Trinajstić information content (AvgIpc) is 3.32. The highest BCUT2D eigenvalue weighted by atomic mass is 32.2. The molecule has 3 aromatic rings. The highest BCUT2D eigenvalue weighted by Crippen LogP contribution is 2.16. The van der Waals surface area contributed by atoms with Crippen molar-refractivity contribution in [1.82, 2.24) is 15.2 Å². The minimum atomic E-state index is -0.136. The monoisotopic (exact) mass is 381 g/mol. The molecule has 0 aliphatic carbocycles. The number of hydrogen-bond acceptors (Lipinski definition) is 6. The Balaban J connectivity index is 1.48. The van der Waals surface area contributed by atoms with E-state index in [0.717, 1.165) is 10.4 Å². The Morgan fingerprint density at radius 1 is 1.31 bits per heavy atom. The number of hydrogen-bond donors (Lipinski definition) is 2. The Morgan fingerprint density at radius 2 is 2.15 bits per heavy atom. The number of carbonyl (C=O) groups excluding carboxylic acids is 1. The number of H-pyrrole nitrogens is 1. The van der Waals surface area contributed by atoms with Gasteiger partial charge in [-0.25, -0.2) is 4.98 Å². The lowest BCUT2D eigenvalue weighted by Gasteiger charge is -2.04. The molecule has 6 nitrogen and oxygen atoms in total. The number of aromatic amines is 1. The maximum Gasteiger partial charge on any atom is 0.234 e. The Kier molecular flexibility index (Phi) is 6.19. The van der Waals surface area contributed by atoms with Crippen LogP contribution >= 0.6 is 23.1 Å². The third-order valence-electron chi connectivity index (χ3n) is 3.28. The summed E-state index contributed by atoms with van der Waals surface area (Å²) in [6, 6.07) is 13.3. The Labute approximate surface area is 159 Å². The van der Waals surface area contributed by atoms with E-state index in [1.54, 1.807) is 23.5 Å². The third-order valence-corrected chi connectivity index (χ3v) is 4.97. The van der Waals surface area contributed by atoms with E-state index in [1.807, 2.05) is 41.8 Å². The van der Waals surface area contributed by atoms with Gasteiger partial charge in [0.05, 0.1) is 18.2 Å². The number of aromatic nitrogens is 3. The molecule has 3 rings (SSSR count). The Hall–Kier alpha value is -2.89. The summed E-state index contributed by atoms with van der Waals surface area (Å²) in [5, 5.41) is 20.9. The second kappa shape index (κ2) is 8.99. The number of nitrogens with one attached hydrogen (secondary N) is 2. The van der Waals surface area contributed by atoms with Gasteiger partial charge in [-0.2, -0.15) is 5.26 Å². The van der Waals surface area contributed by atoms with Gasteiger partial charge in [-0.3, -0.25) is 9.89 Å². The summed E-state index contributed by atoms with van der Waals surface area (Å²) in [5.74, 6) is 0.726. The third kappa shape index (κ3) is 5.31. The van der Waals surface area contributed by atoms with E-state index in [-0.39, 0.29) is 11.7 Å². The van der Waals surface area contributed by atoms with E-state index in [4.69, 9.17) is 5.26 Å². The van der Waals surface area contributed by atoms with E-state index in [2.05, 4.69) is 26.6 Å². The summed E-state index contributed by atoms with van der Waals surface area (Å²) in [7, 11) is 0. The lowest BCUT2D eigenvalue weighted by molar-refractivity contribution is -0.113. The van der Waals surface area contributed by atoms with Crippen LogP contribution < -0.4 is 5.32 Å². The predicted molar refractivity (Wildman–Crippen MR) is 105 cm³/mol. The first-order valence-electron chi connectivity index (χ1n) is 7.75. The summed E-state index contributed by atoms with van der Waals surface area (Å²) in [6.45, 7) is 0. The summed E-state index contributed by atoms with van der Waals surface area (Å²) in [4.78, 5) is 17.5. The molecular formula is C18H15N5OS2. The topological polar surface area (TPSA) is 94.5 Å². The zero-order chi connectivity index (χ0) is 18.2. The van der Waals surface area contributed by atoms with Crippen LogP contribution in [0.2, 0.25) is 0 Å². The van der Waals surface area contributed by atoms with Crippen LogP contribution in [-0.2, 0) is 11.2 Å². The summed E-state index contributed by atoms with van der Waals surface area (Å²) in [6.07, 6.45) is 4.17. The highest BCUT2D eigenvalue weighted by molar-refractivity contribution is 7.99. The number of carbonyl (C=O) groups is 1. The molecule has 26 heavy (non-hydrogen) atoms.